The Labute approximate surface area is 92.9 Å². The molecule has 80 valence electrons. The third-order valence-corrected chi connectivity index (χ3v) is 3.29. The van der Waals surface area contributed by atoms with Crippen LogP contribution in [0.2, 0.25) is 0 Å². The molecule has 0 aromatic carbocycles. The van der Waals surface area contributed by atoms with Crippen LogP contribution in [-0.2, 0) is 6.42 Å². The van der Waals surface area contributed by atoms with Crippen LogP contribution in [0.4, 0.5) is 0 Å². The zero-order valence-corrected chi connectivity index (χ0v) is 9.67. The van der Waals surface area contributed by atoms with Crippen LogP contribution in [-0.4, -0.2) is 4.98 Å². The molecule has 0 spiro atoms. The van der Waals surface area contributed by atoms with Gasteiger partial charge in [-0.3, -0.25) is 0 Å². The van der Waals surface area contributed by atoms with Crippen LogP contribution in [0.1, 0.15) is 28.1 Å². The number of hydrogen-bond donors (Lipinski definition) is 1. The Bertz CT molecular complexity index is 447. The lowest BCUT2D eigenvalue weighted by atomic mass is 10.1. The first-order chi connectivity index (χ1) is 7.16. The maximum Gasteiger partial charge on any atom is 0.123 e. The quantitative estimate of drug-likeness (QED) is 0.868. The molecule has 2 heterocycles. The van der Waals surface area contributed by atoms with Crippen LogP contribution in [0.25, 0.3) is 0 Å². The van der Waals surface area contributed by atoms with Crippen molar-refractivity contribution in [3.8, 4) is 0 Å². The van der Waals surface area contributed by atoms with E-state index in [-0.39, 0.29) is 6.04 Å². The highest BCUT2D eigenvalue weighted by atomic mass is 32.1. The molecule has 0 fully saturated rings. The number of aromatic nitrogens is 1. The van der Waals surface area contributed by atoms with Crippen LogP contribution in [0, 0.1) is 13.8 Å². The van der Waals surface area contributed by atoms with Crippen molar-refractivity contribution in [3.63, 3.8) is 0 Å². The van der Waals surface area contributed by atoms with E-state index in [0.29, 0.717) is 0 Å². The summed E-state index contributed by atoms with van der Waals surface area (Å²) in [6.07, 6.45) is 2.42. The lowest BCUT2D eigenvalue weighted by Crippen LogP contribution is -2.13. The number of furan rings is 1. The minimum atomic E-state index is -0.0921. The van der Waals surface area contributed by atoms with E-state index < -0.39 is 0 Å². The standard InChI is InChI=1S/C11H14N2OS/c1-7-3-4-14-11(7)9(12)5-10-13-8(2)6-15-10/h3-4,6,9H,5,12H2,1-2H3. The number of nitrogens with two attached hydrogens (primary N) is 1. The summed E-state index contributed by atoms with van der Waals surface area (Å²) < 4.78 is 5.36. The van der Waals surface area contributed by atoms with Crippen molar-refractivity contribution in [2.45, 2.75) is 26.3 Å². The SMILES string of the molecule is Cc1csc(CC(N)c2occc2C)n1. The van der Waals surface area contributed by atoms with E-state index >= 15 is 0 Å². The van der Waals surface area contributed by atoms with Crippen LogP contribution in [0.5, 0.6) is 0 Å². The van der Waals surface area contributed by atoms with E-state index in [9.17, 15) is 0 Å². The average Bonchev–Trinajstić information content (AvgIpc) is 2.75. The van der Waals surface area contributed by atoms with E-state index in [4.69, 9.17) is 10.2 Å². The highest BCUT2D eigenvalue weighted by Crippen LogP contribution is 2.21. The second-order valence-corrected chi connectivity index (χ2v) is 4.60. The summed E-state index contributed by atoms with van der Waals surface area (Å²) >= 11 is 1.65. The van der Waals surface area contributed by atoms with Gasteiger partial charge in [0.05, 0.1) is 17.3 Å². The van der Waals surface area contributed by atoms with Gasteiger partial charge < -0.3 is 10.2 Å². The van der Waals surface area contributed by atoms with Gasteiger partial charge in [-0.15, -0.1) is 11.3 Å². The molecule has 0 aliphatic rings. The van der Waals surface area contributed by atoms with Gasteiger partial charge in [0.1, 0.15) is 5.76 Å². The molecule has 0 aliphatic heterocycles. The Kier molecular flexibility index (Phi) is 2.88. The third kappa shape index (κ3) is 2.27. The molecule has 2 aromatic heterocycles. The molecule has 2 aromatic rings. The predicted octanol–water partition coefficient (Wildman–Crippen LogP) is 2.60. The minimum Gasteiger partial charge on any atom is -0.467 e. The van der Waals surface area contributed by atoms with Gasteiger partial charge in [-0.05, 0) is 25.5 Å². The van der Waals surface area contributed by atoms with Gasteiger partial charge in [0.2, 0.25) is 0 Å². The second kappa shape index (κ2) is 4.16. The normalized spacial score (nSPS) is 13.0. The molecular formula is C11H14N2OS. The van der Waals surface area contributed by atoms with E-state index in [1.54, 1.807) is 17.6 Å². The lowest BCUT2D eigenvalue weighted by molar-refractivity contribution is 0.461. The molecule has 3 nitrogen and oxygen atoms in total. The molecule has 0 amide bonds. The molecule has 2 rings (SSSR count). The van der Waals surface area contributed by atoms with Crippen LogP contribution in [0.15, 0.2) is 22.1 Å². The summed E-state index contributed by atoms with van der Waals surface area (Å²) in [4.78, 5) is 4.39. The van der Waals surface area contributed by atoms with Gasteiger partial charge in [-0.25, -0.2) is 4.98 Å². The maximum atomic E-state index is 6.05. The first-order valence-electron chi connectivity index (χ1n) is 4.87. The van der Waals surface area contributed by atoms with E-state index in [0.717, 1.165) is 28.4 Å². The van der Waals surface area contributed by atoms with Crippen molar-refractivity contribution in [1.29, 1.82) is 0 Å². The monoisotopic (exact) mass is 222 g/mol. The number of rotatable bonds is 3. The van der Waals surface area contributed by atoms with Gasteiger partial charge in [0, 0.05) is 17.5 Å². The summed E-state index contributed by atoms with van der Waals surface area (Å²) in [5.74, 6) is 0.864. The largest absolute Gasteiger partial charge is 0.467 e. The molecule has 0 aliphatic carbocycles. The molecular weight excluding hydrogens is 208 g/mol. The maximum absolute atomic E-state index is 6.05. The fraction of sp³-hybridized carbons (Fsp3) is 0.364. The average molecular weight is 222 g/mol. The highest BCUT2D eigenvalue weighted by molar-refractivity contribution is 7.09. The highest BCUT2D eigenvalue weighted by Gasteiger charge is 2.14. The van der Waals surface area contributed by atoms with Crippen molar-refractivity contribution in [1.82, 2.24) is 4.98 Å². The van der Waals surface area contributed by atoms with Crippen LogP contribution < -0.4 is 5.73 Å². The smallest absolute Gasteiger partial charge is 0.123 e. The third-order valence-electron chi connectivity index (χ3n) is 2.30. The van der Waals surface area contributed by atoms with E-state index in [2.05, 4.69) is 4.98 Å². The van der Waals surface area contributed by atoms with Gasteiger partial charge in [0.15, 0.2) is 0 Å². The lowest BCUT2D eigenvalue weighted by Gasteiger charge is -2.07. The Balaban J connectivity index is 2.10. The topological polar surface area (TPSA) is 52.0 Å². The Morgan fingerprint density at radius 2 is 2.33 bits per heavy atom. The van der Waals surface area contributed by atoms with Gasteiger partial charge in [-0.1, -0.05) is 0 Å². The number of aryl methyl sites for hydroxylation is 2. The summed E-state index contributed by atoms with van der Waals surface area (Å²) in [5.41, 5.74) is 8.22. The molecule has 4 heteroatoms. The summed E-state index contributed by atoms with van der Waals surface area (Å²) in [6, 6.07) is 1.84. The summed E-state index contributed by atoms with van der Waals surface area (Å²) in [6.45, 7) is 4.00. The molecule has 0 saturated carbocycles. The van der Waals surface area contributed by atoms with Gasteiger partial charge >= 0.3 is 0 Å². The second-order valence-electron chi connectivity index (χ2n) is 3.66. The fourth-order valence-electron chi connectivity index (χ4n) is 1.54. The molecule has 0 saturated heterocycles. The molecule has 15 heavy (non-hydrogen) atoms. The molecule has 1 atom stereocenters. The van der Waals surface area contributed by atoms with Crippen molar-refractivity contribution in [3.05, 3.63) is 39.7 Å². The number of nitrogens with zero attached hydrogens (tertiary/aromatic N) is 1. The Morgan fingerprint density at radius 1 is 1.53 bits per heavy atom. The van der Waals surface area contributed by atoms with Crippen molar-refractivity contribution >= 4 is 11.3 Å². The Morgan fingerprint density at radius 3 is 2.87 bits per heavy atom. The van der Waals surface area contributed by atoms with E-state index in [1.807, 2.05) is 25.3 Å². The van der Waals surface area contributed by atoms with Crippen LogP contribution in [0.3, 0.4) is 0 Å². The zero-order valence-electron chi connectivity index (χ0n) is 8.86. The summed E-state index contributed by atoms with van der Waals surface area (Å²) in [5, 5.41) is 3.10. The van der Waals surface area contributed by atoms with Crippen molar-refractivity contribution < 1.29 is 4.42 Å². The molecule has 0 bridgehead atoms. The summed E-state index contributed by atoms with van der Waals surface area (Å²) in [7, 11) is 0. The molecule has 1 unspecified atom stereocenters. The van der Waals surface area contributed by atoms with E-state index in [1.165, 1.54) is 0 Å². The first kappa shape index (κ1) is 10.4. The van der Waals surface area contributed by atoms with Crippen molar-refractivity contribution in [2.75, 3.05) is 0 Å². The number of thiazole rings is 1. The predicted molar refractivity (Wildman–Crippen MR) is 60.9 cm³/mol. The van der Waals surface area contributed by atoms with Gasteiger partial charge in [0.25, 0.3) is 0 Å². The number of hydrogen-bond acceptors (Lipinski definition) is 4. The molecule has 2 N–H and O–H groups in total. The molecule has 0 radical (unpaired) electrons. The Hall–Kier alpha value is -1.13. The van der Waals surface area contributed by atoms with Crippen molar-refractivity contribution in [2.24, 2.45) is 5.73 Å². The van der Waals surface area contributed by atoms with Gasteiger partial charge in [-0.2, -0.15) is 0 Å². The van der Waals surface area contributed by atoms with Crippen LogP contribution >= 0.6 is 11.3 Å². The first-order valence-corrected chi connectivity index (χ1v) is 5.75. The minimum absolute atomic E-state index is 0.0921. The zero-order chi connectivity index (χ0) is 10.8. The fourth-order valence-corrected chi connectivity index (χ4v) is 2.37.